The number of hydrogen-bond acceptors (Lipinski definition) is 9. The molecule has 0 saturated carbocycles. The zero-order valence-electron chi connectivity index (χ0n) is 21.8. The topological polar surface area (TPSA) is 113 Å². The van der Waals surface area contributed by atoms with E-state index in [1.807, 2.05) is 39.0 Å². The lowest BCUT2D eigenvalue weighted by molar-refractivity contribution is 0.0736. The van der Waals surface area contributed by atoms with Crippen LogP contribution in [0.2, 0.25) is 4.34 Å². The molecule has 12 heteroatoms. The van der Waals surface area contributed by atoms with Gasteiger partial charge in [0, 0.05) is 40.2 Å². The molecule has 0 bridgehead atoms. The maximum atomic E-state index is 13.9. The standard InChI is InChI=1S/C28H24ClN5O4S2/c1-28(2,3)27(37)34-24(39-15-18-6-7-23(29)40-18)11-20(32-34)25-19(17-5-4-9-30-12-17)8-10-33(26(25)36)14-21(35)22-13-31-16-38-22/h4-13,16H,14-15H2,1-3H3. The Bertz CT molecular complexity index is 1730. The average Bonchev–Trinajstić information content (AvgIpc) is 3.69. The largest absolute Gasteiger partial charge is 0.440 e. The van der Waals surface area contributed by atoms with Gasteiger partial charge in [-0.05, 0) is 35.9 Å². The smallest absolute Gasteiger partial charge is 0.261 e. The van der Waals surface area contributed by atoms with Gasteiger partial charge in [0.05, 0.1) is 22.6 Å². The summed E-state index contributed by atoms with van der Waals surface area (Å²) >= 11 is 9.00. The van der Waals surface area contributed by atoms with Gasteiger partial charge in [-0.3, -0.25) is 19.4 Å². The fourth-order valence-corrected chi connectivity index (χ4v) is 6.04. The van der Waals surface area contributed by atoms with Gasteiger partial charge in [0.15, 0.2) is 12.2 Å². The van der Waals surface area contributed by atoms with Crippen LogP contribution in [0.1, 0.15) is 41.0 Å². The number of carbonyl (C=O) groups is 2. The average molecular weight is 594 g/mol. The Morgan fingerprint density at radius 3 is 2.60 bits per heavy atom. The molecule has 0 unspecified atom stereocenters. The molecule has 5 rings (SSSR count). The Hall–Kier alpha value is -3.80. The third-order valence-electron chi connectivity index (χ3n) is 5.92. The van der Waals surface area contributed by atoms with E-state index in [-0.39, 0.29) is 23.8 Å². The number of Topliss-reactive ketones (excluding diaryl/α,β-unsaturated/α-hetero) is 1. The minimum absolute atomic E-state index is 0.0530. The molecule has 9 nitrogen and oxygen atoms in total. The highest BCUT2D eigenvalue weighted by molar-refractivity contribution is 7.98. The summed E-state index contributed by atoms with van der Waals surface area (Å²) in [7, 11) is 0. The highest BCUT2D eigenvalue weighted by Crippen LogP contribution is 2.35. The number of carbonyl (C=O) groups excluding carboxylic acids is 2. The van der Waals surface area contributed by atoms with Crippen LogP contribution < -0.4 is 5.56 Å². The lowest BCUT2D eigenvalue weighted by atomic mass is 9.96. The Morgan fingerprint density at radius 1 is 1.12 bits per heavy atom. The number of oxazole rings is 1. The van der Waals surface area contributed by atoms with Crippen LogP contribution in [0.4, 0.5) is 0 Å². The molecule has 5 heterocycles. The molecule has 0 aliphatic rings. The molecule has 40 heavy (non-hydrogen) atoms. The SMILES string of the molecule is CC(C)(C)C(=O)n1nc(-c2c(-c3cccnc3)ccn(CC(=O)c3cnco3)c2=O)cc1SCc1ccc(Cl)s1. The highest BCUT2D eigenvalue weighted by Gasteiger charge is 2.29. The fraction of sp³-hybridized carbons (Fsp3) is 0.214. The Balaban J connectivity index is 1.63. The van der Waals surface area contributed by atoms with E-state index in [9.17, 15) is 14.4 Å². The highest BCUT2D eigenvalue weighted by atomic mass is 35.5. The van der Waals surface area contributed by atoms with E-state index in [0.29, 0.717) is 31.9 Å². The quantitative estimate of drug-likeness (QED) is 0.151. The van der Waals surface area contributed by atoms with Crippen LogP contribution in [0.5, 0.6) is 0 Å². The molecule has 0 aliphatic carbocycles. The number of thioether (sulfide) groups is 1. The van der Waals surface area contributed by atoms with E-state index in [4.69, 9.17) is 16.0 Å². The molecule has 0 aliphatic heterocycles. The number of pyridine rings is 2. The van der Waals surface area contributed by atoms with Gasteiger partial charge in [-0.25, -0.2) is 4.98 Å². The van der Waals surface area contributed by atoms with Gasteiger partial charge < -0.3 is 8.98 Å². The molecule has 5 aromatic rings. The summed E-state index contributed by atoms with van der Waals surface area (Å²) in [4.78, 5) is 49.1. The van der Waals surface area contributed by atoms with Crippen molar-refractivity contribution in [2.45, 2.75) is 38.1 Å². The van der Waals surface area contributed by atoms with Crippen molar-refractivity contribution < 1.29 is 14.0 Å². The van der Waals surface area contributed by atoms with Gasteiger partial charge >= 0.3 is 0 Å². The normalized spacial score (nSPS) is 11.6. The summed E-state index contributed by atoms with van der Waals surface area (Å²) in [5.41, 5.74) is 0.677. The summed E-state index contributed by atoms with van der Waals surface area (Å²) in [6, 6.07) is 10.9. The fourth-order valence-electron chi connectivity index (χ4n) is 3.92. The van der Waals surface area contributed by atoms with Crippen LogP contribution in [-0.2, 0) is 12.3 Å². The first kappa shape index (κ1) is 27.8. The Kier molecular flexibility index (Phi) is 7.88. The number of rotatable bonds is 8. The molecule has 0 amide bonds. The summed E-state index contributed by atoms with van der Waals surface area (Å²) in [6.07, 6.45) is 7.31. The van der Waals surface area contributed by atoms with E-state index in [1.165, 1.54) is 38.5 Å². The van der Waals surface area contributed by atoms with Crippen molar-refractivity contribution in [1.29, 1.82) is 0 Å². The molecule has 0 atom stereocenters. The van der Waals surface area contributed by atoms with E-state index >= 15 is 0 Å². The van der Waals surface area contributed by atoms with Crippen LogP contribution in [0, 0.1) is 5.41 Å². The maximum absolute atomic E-state index is 13.9. The van der Waals surface area contributed by atoms with Crippen LogP contribution in [0.25, 0.3) is 22.4 Å². The summed E-state index contributed by atoms with van der Waals surface area (Å²) in [6.45, 7) is 5.19. The van der Waals surface area contributed by atoms with Crippen molar-refractivity contribution in [3.63, 3.8) is 0 Å². The second-order valence-electron chi connectivity index (χ2n) is 9.90. The zero-order valence-corrected chi connectivity index (χ0v) is 24.2. The first-order chi connectivity index (χ1) is 19.1. The molecular formula is C28H24ClN5O4S2. The van der Waals surface area contributed by atoms with E-state index in [0.717, 1.165) is 11.3 Å². The van der Waals surface area contributed by atoms with Gasteiger partial charge in [-0.2, -0.15) is 9.78 Å². The van der Waals surface area contributed by atoms with Gasteiger partial charge in [-0.15, -0.1) is 23.1 Å². The summed E-state index contributed by atoms with van der Waals surface area (Å²) in [5, 5.41) is 5.25. The molecule has 0 fully saturated rings. The Morgan fingerprint density at radius 2 is 1.95 bits per heavy atom. The summed E-state index contributed by atoms with van der Waals surface area (Å²) in [5.74, 6) is 0.00133. The van der Waals surface area contributed by atoms with Crippen molar-refractivity contribution >= 4 is 46.4 Å². The third kappa shape index (κ3) is 5.86. The molecule has 0 radical (unpaired) electrons. The van der Waals surface area contributed by atoms with Crippen LogP contribution >= 0.6 is 34.7 Å². The van der Waals surface area contributed by atoms with E-state index < -0.39 is 16.8 Å². The van der Waals surface area contributed by atoms with Crippen molar-refractivity contribution in [3.05, 3.63) is 92.9 Å². The first-order valence-corrected chi connectivity index (χ1v) is 14.4. The zero-order chi connectivity index (χ0) is 28.4. The number of nitrogens with zero attached hydrogens (tertiary/aromatic N) is 5. The van der Waals surface area contributed by atoms with Crippen molar-refractivity contribution in [3.8, 4) is 22.4 Å². The number of halogens is 1. The summed E-state index contributed by atoms with van der Waals surface area (Å²) < 4.78 is 8.45. The lowest BCUT2D eigenvalue weighted by Gasteiger charge is -2.17. The van der Waals surface area contributed by atoms with Gasteiger partial charge in [0.25, 0.3) is 11.5 Å². The second-order valence-corrected chi connectivity index (χ2v) is 12.7. The van der Waals surface area contributed by atoms with Crippen molar-refractivity contribution in [2.75, 3.05) is 0 Å². The second kappa shape index (κ2) is 11.4. The maximum Gasteiger partial charge on any atom is 0.261 e. The molecule has 0 aromatic carbocycles. The van der Waals surface area contributed by atoms with E-state index in [1.54, 1.807) is 36.8 Å². The molecule has 204 valence electrons. The number of aromatic nitrogens is 5. The molecule has 0 spiro atoms. The van der Waals surface area contributed by atoms with Crippen molar-refractivity contribution in [1.82, 2.24) is 24.3 Å². The monoisotopic (exact) mass is 593 g/mol. The first-order valence-electron chi connectivity index (χ1n) is 12.2. The molecular weight excluding hydrogens is 570 g/mol. The predicted octanol–water partition coefficient (Wildman–Crippen LogP) is 6.34. The van der Waals surface area contributed by atoms with Crippen molar-refractivity contribution in [2.24, 2.45) is 5.41 Å². The molecule has 0 N–H and O–H groups in total. The van der Waals surface area contributed by atoms with Gasteiger partial charge in [0.1, 0.15) is 10.7 Å². The van der Waals surface area contributed by atoms with Crippen LogP contribution in [0.15, 0.2) is 81.8 Å². The molecule has 0 saturated heterocycles. The van der Waals surface area contributed by atoms with E-state index in [2.05, 4.69) is 15.1 Å². The Labute approximate surface area is 242 Å². The third-order valence-corrected chi connectivity index (χ3v) is 8.37. The number of ketones is 1. The minimum atomic E-state index is -0.725. The lowest BCUT2D eigenvalue weighted by Crippen LogP contribution is -2.28. The number of thiophene rings is 1. The van der Waals surface area contributed by atoms with Gasteiger partial charge in [-0.1, -0.05) is 38.4 Å². The number of hydrogen-bond donors (Lipinski definition) is 0. The minimum Gasteiger partial charge on any atom is -0.440 e. The molecule has 5 aromatic heterocycles. The predicted molar refractivity (Wildman–Crippen MR) is 155 cm³/mol. The van der Waals surface area contributed by atoms with Crippen LogP contribution in [-0.4, -0.2) is 36.0 Å². The van der Waals surface area contributed by atoms with Crippen LogP contribution in [0.3, 0.4) is 0 Å². The van der Waals surface area contributed by atoms with Gasteiger partial charge in [0.2, 0.25) is 5.78 Å².